The Morgan fingerprint density at radius 1 is 0.848 bits per heavy atom. The summed E-state index contributed by atoms with van der Waals surface area (Å²) in [7, 11) is 0. The van der Waals surface area contributed by atoms with Crippen LogP contribution in [0.15, 0.2) is 36.4 Å². The second-order valence-electron chi connectivity index (χ2n) is 8.61. The Morgan fingerprint density at radius 2 is 1.45 bits per heavy atom. The highest BCUT2D eigenvalue weighted by atomic mass is 16.6. The Labute approximate surface area is 191 Å². The van der Waals surface area contributed by atoms with E-state index < -0.39 is 35.4 Å². The summed E-state index contributed by atoms with van der Waals surface area (Å²) in [4.78, 5) is 13.0. The smallest absolute Gasteiger partial charge is 0.338 e. The van der Waals surface area contributed by atoms with Gasteiger partial charge in [0.1, 0.15) is 17.6 Å². The molecular weight excluding hydrogens is 424 g/mol. The second kappa shape index (κ2) is 8.24. The number of hydrogen-bond acceptors (Lipinski definition) is 7. The van der Waals surface area contributed by atoms with E-state index in [-0.39, 0.29) is 5.75 Å². The van der Waals surface area contributed by atoms with Gasteiger partial charge in [-0.15, -0.1) is 0 Å². The normalized spacial score (nSPS) is 17.2. The monoisotopic (exact) mass is 450 g/mol. The molecule has 0 amide bonds. The number of aromatic hydroxyl groups is 4. The number of fused-ring (bicyclic) bond motifs is 1. The molecule has 1 aliphatic rings. The van der Waals surface area contributed by atoms with E-state index in [0.717, 1.165) is 16.7 Å². The molecule has 0 bridgehead atoms. The molecule has 0 aromatic heterocycles. The molecule has 7 nitrogen and oxygen atoms in total. The maximum atomic E-state index is 13.0. The first-order chi connectivity index (χ1) is 15.5. The lowest BCUT2D eigenvalue weighted by Crippen LogP contribution is -2.35. The van der Waals surface area contributed by atoms with Crippen LogP contribution in [0.1, 0.15) is 49.8 Å². The van der Waals surface area contributed by atoms with Crippen LogP contribution < -0.4 is 4.74 Å². The van der Waals surface area contributed by atoms with Gasteiger partial charge in [-0.25, -0.2) is 4.79 Å². The lowest BCUT2D eigenvalue weighted by molar-refractivity contribution is -0.0185. The van der Waals surface area contributed by atoms with E-state index in [9.17, 15) is 25.2 Å². The molecule has 1 heterocycles. The Morgan fingerprint density at radius 3 is 2.06 bits per heavy atom. The van der Waals surface area contributed by atoms with Crippen molar-refractivity contribution >= 4 is 5.97 Å². The van der Waals surface area contributed by atoms with Crippen molar-refractivity contribution in [1.29, 1.82) is 0 Å². The highest BCUT2D eigenvalue weighted by molar-refractivity contribution is 5.90. The third-order valence-corrected chi connectivity index (χ3v) is 5.98. The van der Waals surface area contributed by atoms with Crippen LogP contribution in [0.4, 0.5) is 0 Å². The summed E-state index contributed by atoms with van der Waals surface area (Å²) < 4.78 is 12.1. The molecule has 0 aliphatic carbocycles. The van der Waals surface area contributed by atoms with E-state index in [2.05, 4.69) is 0 Å². The number of carbonyl (C=O) groups excluding carboxylic acids is 1. The van der Waals surface area contributed by atoms with Crippen molar-refractivity contribution < 1.29 is 34.7 Å². The summed E-state index contributed by atoms with van der Waals surface area (Å²) >= 11 is 0. The van der Waals surface area contributed by atoms with Crippen LogP contribution in [-0.4, -0.2) is 32.5 Å². The molecule has 4 rings (SSSR count). The first kappa shape index (κ1) is 22.3. The minimum Gasteiger partial charge on any atom is -0.507 e. The van der Waals surface area contributed by atoms with Gasteiger partial charge >= 0.3 is 5.97 Å². The lowest BCUT2D eigenvalue weighted by atomic mass is 9.91. The molecule has 0 unspecified atom stereocenters. The van der Waals surface area contributed by atoms with Crippen molar-refractivity contribution in [2.75, 3.05) is 0 Å². The van der Waals surface area contributed by atoms with Gasteiger partial charge in [-0.3, -0.25) is 0 Å². The standard InChI is InChI=1S/C26H26O7/c1-12-5-13(2)18-11-22(33-26(31)17-7-14(3)23(29)15(4)8-17)25(32-21(18)6-12)16-9-19(27)24(30)20(28)10-16/h5-10,22,25,27-30H,11H2,1-4H3/t22-,25-/m1/s1. The van der Waals surface area contributed by atoms with Crippen LogP contribution in [0.25, 0.3) is 0 Å². The van der Waals surface area contributed by atoms with E-state index in [0.29, 0.717) is 34.4 Å². The zero-order valence-corrected chi connectivity index (χ0v) is 18.8. The zero-order chi connectivity index (χ0) is 24.0. The number of carbonyl (C=O) groups is 1. The molecule has 33 heavy (non-hydrogen) atoms. The van der Waals surface area contributed by atoms with Crippen molar-refractivity contribution in [3.63, 3.8) is 0 Å². The van der Waals surface area contributed by atoms with Crippen LogP contribution in [-0.2, 0) is 11.2 Å². The molecule has 2 atom stereocenters. The van der Waals surface area contributed by atoms with Crippen molar-refractivity contribution in [3.05, 3.63) is 75.3 Å². The maximum absolute atomic E-state index is 13.0. The van der Waals surface area contributed by atoms with E-state index in [4.69, 9.17) is 9.47 Å². The molecule has 0 saturated carbocycles. The fourth-order valence-corrected chi connectivity index (χ4v) is 4.30. The number of aryl methyl sites for hydroxylation is 4. The maximum Gasteiger partial charge on any atom is 0.338 e. The lowest BCUT2D eigenvalue weighted by Gasteiger charge is -2.34. The van der Waals surface area contributed by atoms with Gasteiger partial charge < -0.3 is 29.9 Å². The summed E-state index contributed by atoms with van der Waals surface area (Å²) in [6.45, 7) is 7.32. The molecule has 7 heteroatoms. The van der Waals surface area contributed by atoms with Gasteiger partial charge in [0, 0.05) is 17.5 Å². The predicted molar refractivity (Wildman–Crippen MR) is 121 cm³/mol. The predicted octanol–water partition coefficient (Wildman–Crippen LogP) is 4.64. The molecule has 1 aliphatic heterocycles. The van der Waals surface area contributed by atoms with Gasteiger partial charge in [0.25, 0.3) is 0 Å². The van der Waals surface area contributed by atoms with Crippen molar-refractivity contribution in [1.82, 2.24) is 0 Å². The average molecular weight is 450 g/mol. The summed E-state index contributed by atoms with van der Waals surface area (Å²) in [5.74, 6) is -1.47. The number of esters is 1. The van der Waals surface area contributed by atoms with Gasteiger partial charge in [-0.2, -0.15) is 0 Å². The summed E-state index contributed by atoms with van der Waals surface area (Å²) in [5.41, 5.74) is 4.67. The average Bonchev–Trinajstić information content (AvgIpc) is 2.75. The van der Waals surface area contributed by atoms with Crippen LogP contribution in [0.2, 0.25) is 0 Å². The number of rotatable bonds is 3. The zero-order valence-electron chi connectivity index (χ0n) is 18.8. The molecular formula is C26H26O7. The summed E-state index contributed by atoms with van der Waals surface area (Å²) in [5, 5.41) is 39.8. The molecule has 0 fully saturated rings. The highest BCUT2D eigenvalue weighted by Crippen LogP contribution is 2.43. The second-order valence-corrected chi connectivity index (χ2v) is 8.61. The van der Waals surface area contributed by atoms with Crippen LogP contribution >= 0.6 is 0 Å². The van der Waals surface area contributed by atoms with Crippen molar-refractivity contribution in [2.24, 2.45) is 0 Å². The van der Waals surface area contributed by atoms with Gasteiger partial charge in [0.2, 0.25) is 0 Å². The molecule has 0 saturated heterocycles. The number of phenols is 4. The van der Waals surface area contributed by atoms with Crippen LogP contribution in [0.5, 0.6) is 28.7 Å². The minimum absolute atomic E-state index is 0.125. The first-order valence-corrected chi connectivity index (χ1v) is 10.6. The topological polar surface area (TPSA) is 116 Å². The largest absolute Gasteiger partial charge is 0.507 e. The quantitative estimate of drug-likeness (QED) is 0.339. The van der Waals surface area contributed by atoms with E-state index >= 15 is 0 Å². The third kappa shape index (κ3) is 4.14. The Balaban J connectivity index is 1.75. The van der Waals surface area contributed by atoms with Gasteiger partial charge in [0.15, 0.2) is 23.4 Å². The Hall–Kier alpha value is -3.87. The molecule has 0 radical (unpaired) electrons. The number of ether oxygens (including phenoxy) is 2. The van der Waals surface area contributed by atoms with Crippen LogP contribution in [0, 0.1) is 27.7 Å². The first-order valence-electron chi connectivity index (χ1n) is 10.6. The summed E-state index contributed by atoms with van der Waals surface area (Å²) in [6, 6.07) is 9.59. The molecule has 3 aromatic rings. The van der Waals surface area contributed by atoms with E-state index in [1.54, 1.807) is 26.0 Å². The molecule has 172 valence electrons. The molecule has 0 spiro atoms. The van der Waals surface area contributed by atoms with Gasteiger partial charge in [-0.05, 0) is 80.3 Å². The highest BCUT2D eigenvalue weighted by Gasteiger charge is 2.36. The fraction of sp³-hybridized carbons (Fsp3) is 0.269. The minimum atomic E-state index is -0.834. The molecule has 4 N–H and O–H groups in total. The summed E-state index contributed by atoms with van der Waals surface area (Å²) in [6.07, 6.45) is -1.25. The number of hydrogen-bond donors (Lipinski definition) is 4. The van der Waals surface area contributed by atoms with Gasteiger partial charge in [0.05, 0.1) is 5.56 Å². The number of phenolic OH excluding ortho intramolecular Hbond substituents is 4. The van der Waals surface area contributed by atoms with Crippen molar-refractivity contribution in [2.45, 2.75) is 46.3 Å². The Bertz CT molecular complexity index is 1220. The molecule has 3 aromatic carbocycles. The van der Waals surface area contributed by atoms with E-state index in [1.165, 1.54) is 12.1 Å². The van der Waals surface area contributed by atoms with E-state index in [1.807, 2.05) is 26.0 Å². The number of benzene rings is 3. The van der Waals surface area contributed by atoms with Crippen LogP contribution in [0.3, 0.4) is 0 Å². The van der Waals surface area contributed by atoms with Crippen molar-refractivity contribution in [3.8, 4) is 28.7 Å². The SMILES string of the molecule is Cc1cc(C)c2c(c1)O[C@H](c1cc(O)c(O)c(O)c1)[C@H](OC(=O)c1cc(C)c(O)c(C)c1)C2. The fourth-order valence-electron chi connectivity index (χ4n) is 4.30. The Kier molecular flexibility index (Phi) is 5.57. The third-order valence-electron chi connectivity index (χ3n) is 5.98. The van der Waals surface area contributed by atoms with Gasteiger partial charge in [-0.1, -0.05) is 6.07 Å².